The Morgan fingerprint density at radius 3 is 2.72 bits per heavy atom. The molecule has 5 rings (SSSR count). The number of carbonyl (C=O) groups excluding carboxylic acids is 2. The van der Waals surface area contributed by atoms with Gasteiger partial charge in [-0.15, -0.1) is 11.3 Å². The summed E-state index contributed by atoms with van der Waals surface area (Å²) in [4.78, 5) is 33.0. The van der Waals surface area contributed by atoms with Gasteiger partial charge >= 0.3 is 5.91 Å². The van der Waals surface area contributed by atoms with Crippen molar-refractivity contribution in [2.45, 2.75) is 6.04 Å². The topological polar surface area (TPSA) is 79.7 Å². The second-order valence-electron chi connectivity index (χ2n) is 6.99. The van der Waals surface area contributed by atoms with E-state index in [1.165, 1.54) is 34.7 Å². The molecule has 1 fully saturated rings. The molecule has 32 heavy (non-hydrogen) atoms. The summed E-state index contributed by atoms with van der Waals surface area (Å²) in [6.45, 7) is 0. The standard InChI is InChI=1S/C23H15ClN2O4S2/c1-30-15-6-3-2-5-13(15)20(27)18-19(16-7-4-10-31-16)26(22(29)21(18)28)23-25-14-9-8-12(24)11-17(14)32-23/h2-11,19,27H,1H3/b20-18+. The van der Waals surface area contributed by atoms with Crippen molar-refractivity contribution in [1.29, 1.82) is 0 Å². The number of ketones is 1. The molecule has 0 spiro atoms. The normalized spacial score (nSPS) is 17.9. The van der Waals surface area contributed by atoms with Crippen LogP contribution >= 0.6 is 34.3 Å². The minimum Gasteiger partial charge on any atom is -0.507 e. The molecular weight excluding hydrogens is 468 g/mol. The van der Waals surface area contributed by atoms with Gasteiger partial charge in [0.05, 0.1) is 28.5 Å². The molecule has 1 N–H and O–H groups in total. The van der Waals surface area contributed by atoms with E-state index in [1.54, 1.807) is 42.5 Å². The number of Topliss-reactive ketones (excluding diaryl/α,β-unsaturated/α-hetero) is 1. The maximum atomic E-state index is 13.2. The zero-order chi connectivity index (χ0) is 22.4. The van der Waals surface area contributed by atoms with Crippen LogP contribution in [-0.4, -0.2) is 28.9 Å². The van der Waals surface area contributed by atoms with Gasteiger partial charge in [0.2, 0.25) is 0 Å². The fourth-order valence-electron chi connectivity index (χ4n) is 3.72. The third kappa shape index (κ3) is 3.28. The summed E-state index contributed by atoms with van der Waals surface area (Å²) in [5.74, 6) is -1.41. The second kappa shape index (κ2) is 8.05. The van der Waals surface area contributed by atoms with Crippen LogP contribution in [0.15, 0.2) is 65.6 Å². The minimum absolute atomic E-state index is 0.000705. The molecular formula is C23H15ClN2O4S2. The van der Waals surface area contributed by atoms with E-state index in [0.717, 1.165) is 9.58 Å². The van der Waals surface area contributed by atoms with E-state index in [9.17, 15) is 14.7 Å². The number of hydrogen-bond donors (Lipinski definition) is 1. The predicted molar refractivity (Wildman–Crippen MR) is 127 cm³/mol. The van der Waals surface area contributed by atoms with Crippen LogP contribution in [0.1, 0.15) is 16.5 Å². The Bertz CT molecular complexity index is 1390. The fourth-order valence-corrected chi connectivity index (χ4v) is 5.81. The van der Waals surface area contributed by atoms with Crippen molar-refractivity contribution in [1.82, 2.24) is 4.98 Å². The largest absolute Gasteiger partial charge is 0.507 e. The van der Waals surface area contributed by atoms with Crippen LogP contribution in [0, 0.1) is 0 Å². The number of benzene rings is 2. The van der Waals surface area contributed by atoms with Crippen molar-refractivity contribution in [3.63, 3.8) is 0 Å². The summed E-state index contributed by atoms with van der Waals surface area (Å²) in [6, 6.07) is 14.9. The number of aliphatic hydroxyl groups excluding tert-OH is 1. The van der Waals surface area contributed by atoms with Crippen LogP contribution in [-0.2, 0) is 9.59 Å². The number of fused-ring (bicyclic) bond motifs is 1. The van der Waals surface area contributed by atoms with Crippen LogP contribution in [0.5, 0.6) is 5.75 Å². The molecule has 6 nitrogen and oxygen atoms in total. The van der Waals surface area contributed by atoms with Crippen molar-refractivity contribution in [3.05, 3.63) is 81.0 Å². The fraction of sp³-hybridized carbons (Fsp3) is 0.0870. The number of para-hydroxylation sites is 1. The SMILES string of the molecule is COc1ccccc1/C(O)=C1\C(=O)C(=O)N(c2nc3ccc(Cl)cc3s2)C1c1cccs1. The Morgan fingerprint density at radius 1 is 1.16 bits per heavy atom. The first-order valence-electron chi connectivity index (χ1n) is 9.53. The second-order valence-corrected chi connectivity index (χ2v) is 9.42. The third-order valence-corrected chi connectivity index (χ3v) is 7.34. The van der Waals surface area contributed by atoms with E-state index in [4.69, 9.17) is 16.3 Å². The number of amides is 1. The lowest BCUT2D eigenvalue weighted by atomic mass is 9.99. The highest BCUT2D eigenvalue weighted by molar-refractivity contribution is 7.22. The van der Waals surface area contributed by atoms with Gasteiger partial charge in [-0.05, 0) is 41.8 Å². The van der Waals surface area contributed by atoms with Gasteiger partial charge in [-0.1, -0.05) is 41.1 Å². The average molecular weight is 483 g/mol. The van der Waals surface area contributed by atoms with Gasteiger partial charge in [0.15, 0.2) is 5.13 Å². The monoisotopic (exact) mass is 482 g/mol. The first-order chi connectivity index (χ1) is 15.5. The smallest absolute Gasteiger partial charge is 0.301 e. The molecule has 1 aliphatic rings. The van der Waals surface area contributed by atoms with Gasteiger partial charge in [0, 0.05) is 9.90 Å². The number of halogens is 1. The molecule has 1 unspecified atom stereocenters. The third-order valence-electron chi connectivity index (χ3n) is 5.16. The molecule has 1 aliphatic heterocycles. The summed E-state index contributed by atoms with van der Waals surface area (Å²) in [6.07, 6.45) is 0. The van der Waals surface area contributed by atoms with Crippen LogP contribution < -0.4 is 9.64 Å². The predicted octanol–water partition coefficient (Wildman–Crippen LogP) is 5.65. The van der Waals surface area contributed by atoms with Crippen molar-refractivity contribution in [2.24, 2.45) is 0 Å². The quantitative estimate of drug-likeness (QED) is 0.231. The molecule has 4 aromatic rings. The Hall–Kier alpha value is -3.20. The molecule has 1 atom stereocenters. The maximum absolute atomic E-state index is 13.2. The molecule has 1 saturated heterocycles. The molecule has 9 heteroatoms. The van der Waals surface area contributed by atoms with Crippen LogP contribution in [0.4, 0.5) is 5.13 Å². The molecule has 0 aliphatic carbocycles. The number of carbonyl (C=O) groups is 2. The average Bonchev–Trinajstić information content (AvgIpc) is 3.52. The minimum atomic E-state index is -0.809. The number of methoxy groups -OCH3 is 1. The first kappa shape index (κ1) is 20.7. The summed E-state index contributed by atoms with van der Waals surface area (Å²) in [7, 11) is 1.48. The molecule has 1 amide bonds. The summed E-state index contributed by atoms with van der Waals surface area (Å²) in [5, 5.41) is 14.0. The lowest BCUT2D eigenvalue weighted by Gasteiger charge is -2.21. The molecule has 2 aromatic carbocycles. The lowest BCUT2D eigenvalue weighted by molar-refractivity contribution is -0.132. The molecule has 0 bridgehead atoms. The number of thiazole rings is 1. The molecule has 160 valence electrons. The maximum Gasteiger partial charge on any atom is 0.301 e. The van der Waals surface area contributed by atoms with Gasteiger partial charge < -0.3 is 9.84 Å². The van der Waals surface area contributed by atoms with Crippen LogP contribution in [0.2, 0.25) is 5.02 Å². The Kier molecular flexibility index (Phi) is 5.21. The van der Waals surface area contributed by atoms with Crippen molar-refractivity contribution < 1.29 is 19.4 Å². The van der Waals surface area contributed by atoms with Crippen molar-refractivity contribution in [2.75, 3.05) is 12.0 Å². The number of nitrogens with zero attached hydrogens (tertiary/aromatic N) is 2. The van der Waals surface area contributed by atoms with Crippen molar-refractivity contribution >= 4 is 67.1 Å². The number of rotatable bonds is 4. The summed E-state index contributed by atoms with van der Waals surface area (Å²) < 4.78 is 6.15. The zero-order valence-electron chi connectivity index (χ0n) is 16.6. The summed E-state index contributed by atoms with van der Waals surface area (Å²) >= 11 is 8.76. The number of ether oxygens (including phenoxy) is 1. The summed E-state index contributed by atoms with van der Waals surface area (Å²) in [5.41, 5.74) is 1.01. The zero-order valence-corrected chi connectivity index (χ0v) is 19.0. The Morgan fingerprint density at radius 2 is 1.97 bits per heavy atom. The number of aliphatic hydroxyl groups is 1. The first-order valence-corrected chi connectivity index (χ1v) is 11.6. The number of thiophene rings is 1. The van der Waals surface area contributed by atoms with Gasteiger partial charge in [0.1, 0.15) is 17.6 Å². The molecule has 0 saturated carbocycles. The molecule has 2 aromatic heterocycles. The van der Waals surface area contributed by atoms with E-state index < -0.39 is 17.7 Å². The van der Waals surface area contributed by atoms with Gasteiger partial charge in [0.25, 0.3) is 5.78 Å². The van der Waals surface area contributed by atoms with Crippen molar-refractivity contribution in [3.8, 4) is 5.75 Å². The van der Waals surface area contributed by atoms with E-state index in [1.807, 2.05) is 17.5 Å². The van der Waals surface area contributed by atoms with E-state index in [-0.39, 0.29) is 11.3 Å². The number of aromatic nitrogens is 1. The van der Waals surface area contributed by atoms with Crippen LogP contribution in [0.3, 0.4) is 0 Å². The van der Waals surface area contributed by atoms with Gasteiger partial charge in [-0.3, -0.25) is 14.5 Å². The Balaban J connectivity index is 1.73. The highest BCUT2D eigenvalue weighted by Gasteiger charge is 2.48. The number of hydrogen-bond acceptors (Lipinski definition) is 7. The van der Waals surface area contributed by atoms with Gasteiger partial charge in [-0.25, -0.2) is 4.98 Å². The molecule has 0 radical (unpaired) electrons. The Labute approximate surface area is 196 Å². The van der Waals surface area contributed by atoms with Gasteiger partial charge in [-0.2, -0.15) is 0 Å². The molecule has 3 heterocycles. The van der Waals surface area contributed by atoms with E-state index in [0.29, 0.717) is 27.0 Å². The highest BCUT2D eigenvalue weighted by Crippen LogP contribution is 2.46. The highest BCUT2D eigenvalue weighted by atomic mass is 35.5. The van der Waals surface area contributed by atoms with E-state index in [2.05, 4.69) is 4.98 Å². The van der Waals surface area contributed by atoms with E-state index >= 15 is 0 Å². The lowest BCUT2D eigenvalue weighted by Crippen LogP contribution is -2.28. The number of anilines is 1. The van der Waals surface area contributed by atoms with Crippen LogP contribution in [0.25, 0.3) is 16.0 Å².